The number of amides is 1. The van der Waals surface area contributed by atoms with Gasteiger partial charge in [0.1, 0.15) is 11.6 Å². The first-order valence-electron chi connectivity index (χ1n) is 5.51. The number of anilines is 1. The van der Waals surface area contributed by atoms with Crippen LogP contribution >= 0.6 is 22.6 Å². The maximum absolute atomic E-state index is 13.7. The van der Waals surface area contributed by atoms with Gasteiger partial charge in [0.15, 0.2) is 0 Å². The van der Waals surface area contributed by atoms with E-state index in [2.05, 4.69) is 5.32 Å². The maximum Gasteiger partial charge on any atom is 0.259 e. The smallest absolute Gasteiger partial charge is 0.259 e. The normalized spacial score (nSPS) is 9.85. The second-order valence-electron chi connectivity index (χ2n) is 3.92. The summed E-state index contributed by atoms with van der Waals surface area (Å²) < 4.78 is 14.4. The van der Waals surface area contributed by atoms with Gasteiger partial charge in [-0.1, -0.05) is 0 Å². The van der Waals surface area contributed by atoms with Crippen LogP contribution < -0.4 is 5.32 Å². The van der Waals surface area contributed by atoms with Crippen molar-refractivity contribution < 1.29 is 14.3 Å². The van der Waals surface area contributed by atoms with E-state index in [-0.39, 0.29) is 22.6 Å². The highest BCUT2D eigenvalue weighted by molar-refractivity contribution is 14.1. The molecule has 0 heterocycles. The van der Waals surface area contributed by atoms with Crippen LogP contribution in [0.3, 0.4) is 0 Å². The summed E-state index contributed by atoms with van der Waals surface area (Å²) in [7, 11) is 0. The molecular formula is C14H8FIN2O2. The summed E-state index contributed by atoms with van der Waals surface area (Å²) in [5.41, 5.74) is 0.172. The lowest BCUT2D eigenvalue weighted by Gasteiger charge is -2.08. The highest BCUT2D eigenvalue weighted by Gasteiger charge is 2.14. The van der Waals surface area contributed by atoms with Crippen LogP contribution in [0.15, 0.2) is 36.4 Å². The monoisotopic (exact) mass is 382 g/mol. The van der Waals surface area contributed by atoms with Crippen molar-refractivity contribution in [2.75, 3.05) is 5.32 Å². The molecule has 1 amide bonds. The molecule has 2 aromatic rings. The molecule has 0 atom stereocenters. The van der Waals surface area contributed by atoms with Gasteiger partial charge in [-0.15, -0.1) is 0 Å². The number of benzene rings is 2. The molecule has 0 unspecified atom stereocenters. The number of rotatable bonds is 2. The predicted octanol–water partition coefficient (Wildman–Crippen LogP) is 3.26. The summed E-state index contributed by atoms with van der Waals surface area (Å²) in [5.74, 6) is -1.51. The SMILES string of the molecule is N#Cc1ccc(NC(=O)c2cc(I)ccc2O)c(F)c1. The summed E-state index contributed by atoms with van der Waals surface area (Å²) in [6, 6.07) is 10.1. The van der Waals surface area contributed by atoms with Crippen molar-refractivity contribution in [2.24, 2.45) is 0 Å². The summed E-state index contributed by atoms with van der Waals surface area (Å²) in [4.78, 5) is 12.0. The first-order chi connectivity index (χ1) is 9.51. The van der Waals surface area contributed by atoms with E-state index in [0.29, 0.717) is 0 Å². The summed E-state index contributed by atoms with van der Waals surface area (Å²) in [5, 5.41) is 20.6. The standard InChI is InChI=1S/C14H8FIN2O2/c15-11-5-8(7-17)1-3-12(11)18-14(20)10-6-9(16)2-4-13(10)19/h1-6,19H,(H,18,20). The molecule has 0 saturated heterocycles. The fraction of sp³-hybridized carbons (Fsp3) is 0. The summed E-state index contributed by atoms with van der Waals surface area (Å²) in [6.07, 6.45) is 0. The van der Waals surface area contributed by atoms with Gasteiger partial charge in [-0.3, -0.25) is 4.79 Å². The van der Waals surface area contributed by atoms with Crippen molar-refractivity contribution in [3.63, 3.8) is 0 Å². The second kappa shape index (κ2) is 5.88. The van der Waals surface area contributed by atoms with E-state index in [1.165, 1.54) is 24.3 Å². The molecule has 0 saturated carbocycles. The fourth-order valence-electron chi connectivity index (χ4n) is 1.57. The average molecular weight is 382 g/mol. The molecule has 100 valence electrons. The molecule has 0 spiro atoms. The zero-order chi connectivity index (χ0) is 14.7. The number of phenols is 1. The van der Waals surface area contributed by atoms with Gasteiger partial charge >= 0.3 is 0 Å². The Balaban J connectivity index is 2.28. The van der Waals surface area contributed by atoms with E-state index >= 15 is 0 Å². The van der Waals surface area contributed by atoms with Crippen molar-refractivity contribution in [1.29, 1.82) is 5.26 Å². The van der Waals surface area contributed by atoms with Crippen molar-refractivity contribution in [2.45, 2.75) is 0 Å². The fourth-order valence-corrected chi connectivity index (χ4v) is 2.06. The average Bonchev–Trinajstić information content (AvgIpc) is 2.43. The van der Waals surface area contributed by atoms with Crippen LogP contribution in [-0.4, -0.2) is 11.0 Å². The molecule has 0 aliphatic heterocycles. The maximum atomic E-state index is 13.7. The van der Waals surface area contributed by atoms with Gasteiger partial charge in [0.25, 0.3) is 5.91 Å². The molecule has 20 heavy (non-hydrogen) atoms. The minimum atomic E-state index is -0.706. The molecule has 4 nitrogen and oxygen atoms in total. The number of nitrogens with zero attached hydrogens (tertiary/aromatic N) is 1. The van der Waals surface area contributed by atoms with Crippen molar-refractivity contribution in [3.8, 4) is 11.8 Å². The molecule has 2 N–H and O–H groups in total. The van der Waals surface area contributed by atoms with Crippen molar-refractivity contribution in [3.05, 3.63) is 56.9 Å². The third-order valence-electron chi connectivity index (χ3n) is 2.55. The predicted molar refractivity (Wildman–Crippen MR) is 79.9 cm³/mol. The zero-order valence-corrected chi connectivity index (χ0v) is 12.2. The van der Waals surface area contributed by atoms with Crippen LogP contribution in [0.2, 0.25) is 0 Å². The summed E-state index contributed by atoms with van der Waals surface area (Å²) >= 11 is 2.00. The van der Waals surface area contributed by atoms with Crippen LogP contribution in [0.1, 0.15) is 15.9 Å². The van der Waals surface area contributed by atoms with Gasteiger partial charge in [-0.25, -0.2) is 4.39 Å². The van der Waals surface area contributed by atoms with Gasteiger partial charge in [-0.05, 0) is 59.0 Å². The van der Waals surface area contributed by atoms with Crippen LogP contribution in [0.25, 0.3) is 0 Å². The number of aromatic hydroxyl groups is 1. The number of nitriles is 1. The Morgan fingerprint density at radius 1 is 1.30 bits per heavy atom. The van der Waals surface area contributed by atoms with E-state index in [4.69, 9.17) is 5.26 Å². The zero-order valence-electron chi connectivity index (χ0n) is 10.0. The van der Waals surface area contributed by atoms with Gasteiger partial charge in [0.2, 0.25) is 0 Å². The third kappa shape index (κ3) is 3.05. The van der Waals surface area contributed by atoms with Crippen LogP contribution in [0.5, 0.6) is 5.75 Å². The number of phenolic OH excluding ortho intramolecular Hbond substituents is 1. The lowest BCUT2D eigenvalue weighted by molar-refractivity contribution is 0.102. The largest absolute Gasteiger partial charge is 0.507 e. The van der Waals surface area contributed by atoms with Gasteiger partial charge < -0.3 is 10.4 Å². The van der Waals surface area contributed by atoms with E-state index in [0.717, 1.165) is 9.64 Å². The van der Waals surface area contributed by atoms with E-state index in [9.17, 15) is 14.3 Å². The molecule has 0 aliphatic rings. The van der Waals surface area contributed by atoms with E-state index < -0.39 is 11.7 Å². The quantitative estimate of drug-likeness (QED) is 0.784. The van der Waals surface area contributed by atoms with Crippen LogP contribution in [0.4, 0.5) is 10.1 Å². The lowest BCUT2D eigenvalue weighted by atomic mass is 10.1. The molecule has 0 aromatic heterocycles. The Labute approximate surface area is 128 Å². The topological polar surface area (TPSA) is 73.1 Å². The Morgan fingerprint density at radius 2 is 2.05 bits per heavy atom. The van der Waals surface area contributed by atoms with Gasteiger partial charge in [-0.2, -0.15) is 5.26 Å². The number of hydrogen-bond acceptors (Lipinski definition) is 3. The highest BCUT2D eigenvalue weighted by atomic mass is 127. The third-order valence-corrected chi connectivity index (χ3v) is 3.22. The van der Waals surface area contributed by atoms with E-state index in [1.54, 1.807) is 12.1 Å². The molecule has 2 rings (SSSR count). The minimum Gasteiger partial charge on any atom is -0.507 e. The first kappa shape index (κ1) is 14.3. The second-order valence-corrected chi connectivity index (χ2v) is 5.17. The summed E-state index contributed by atoms with van der Waals surface area (Å²) in [6.45, 7) is 0. The number of halogens is 2. The van der Waals surface area contributed by atoms with E-state index in [1.807, 2.05) is 22.6 Å². The van der Waals surface area contributed by atoms with Crippen LogP contribution in [-0.2, 0) is 0 Å². The highest BCUT2D eigenvalue weighted by Crippen LogP contribution is 2.22. The molecule has 0 aliphatic carbocycles. The van der Waals surface area contributed by atoms with Crippen molar-refractivity contribution in [1.82, 2.24) is 0 Å². The minimum absolute atomic E-state index is 0.0488. The first-order valence-corrected chi connectivity index (χ1v) is 6.58. The number of carbonyl (C=O) groups excluding carboxylic acids is 1. The van der Waals surface area contributed by atoms with Gasteiger partial charge in [0, 0.05) is 3.57 Å². The molecule has 0 bridgehead atoms. The Bertz CT molecular complexity index is 726. The molecule has 2 aromatic carbocycles. The van der Waals surface area contributed by atoms with Gasteiger partial charge in [0.05, 0.1) is 22.9 Å². The number of nitrogens with one attached hydrogen (secondary N) is 1. The molecular weight excluding hydrogens is 374 g/mol. The van der Waals surface area contributed by atoms with Crippen LogP contribution in [0, 0.1) is 20.7 Å². The number of carbonyl (C=O) groups is 1. The molecule has 0 fully saturated rings. The van der Waals surface area contributed by atoms with Crippen molar-refractivity contribution >= 4 is 34.2 Å². The molecule has 0 radical (unpaired) electrons. The molecule has 6 heteroatoms. The Kier molecular flexibility index (Phi) is 4.20. The lowest BCUT2D eigenvalue weighted by Crippen LogP contribution is -2.13. The Hall–Kier alpha value is -2.14. The number of hydrogen-bond donors (Lipinski definition) is 2. The Morgan fingerprint density at radius 3 is 2.70 bits per heavy atom.